The number of carboxylic acid groups (broad SMARTS) is 1. The van der Waals surface area contributed by atoms with Crippen LogP contribution in [-0.2, 0) is 23.8 Å². The molecule has 0 aromatic carbocycles. The van der Waals surface area contributed by atoms with Crippen LogP contribution in [-0.4, -0.2) is 52.9 Å². The second-order valence-corrected chi connectivity index (χ2v) is 5.55. The Balaban J connectivity index is 2.62. The van der Waals surface area contributed by atoms with Gasteiger partial charge in [0.2, 0.25) is 0 Å². The quantitative estimate of drug-likeness (QED) is 0.543. The smallest absolute Gasteiger partial charge is 0.320 e. The van der Waals surface area contributed by atoms with Crippen LogP contribution >= 0.6 is 0 Å². The third-order valence-electron chi connectivity index (χ3n) is 2.87. The Morgan fingerprint density at radius 1 is 1.40 bits per heavy atom. The highest BCUT2D eigenvalue weighted by molar-refractivity contribution is 5.94. The molecule has 0 amide bonds. The van der Waals surface area contributed by atoms with Gasteiger partial charge in [0.1, 0.15) is 6.10 Å². The van der Waals surface area contributed by atoms with E-state index in [0.717, 1.165) is 0 Å². The van der Waals surface area contributed by atoms with Crippen LogP contribution in [0.25, 0.3) is 0 Å². The Labute approximate surface area is 117 Å². The fourth-order valence-corrected chi connectivity index (χ4v) is 1.91. The Morgan fingerprint density at radius 2 is 2.00 bits per heavy atom. The highest BCUT2D eigenvalue weighted by atomic mass is 16.7. The van der Waals surface area contributed by atoms with E-state index in [1.54, 1.807) is 27.7 Å². The molecule has 7 nitrogen and oxygen atoms in total. The topological polar surface area (TPSA) is 102 Å². The molecule has 3 atom stereocenters. The predicted octanol–water partition coefficient (Wildman–Crippen LogP) is 0.541. The lowest BCUT2D eigenvalue weighted by atomic mass is 9.98. The van der Waals surface area contributed by atoms with Gasteiger partial charge in [0, 0.05) is 0 Å². The molecule has 0 aromatic heterocycles. The molecule has 1 aliphatic heterocycles. The van der Waals surface area contributed by atoms with E-state index < -0.39 is 42.0 Å². The Bertz CT molecular complexity index is 364. The maximum Gasteiger partial charge on any atom is 0.320 e. The second kappa shape index (κ2) is 6.51. The van der Waals surface area contributed by atoms with Crippen LogP contribution < -0.4 is 0 Å². The standard InChI is InChI=1S/C13H22O7/c1-7(2)19-12(17)8(11(15)16)5-9(14)10-6-18-13(3,4)20-10/h7-10,14H,5-6H2,1-4H3,(H,15,16)/t8?,9-,10+/m1/s1. The molecule has 1 heterocycles. The van der Waals surface area contributed by atoms with E-state index in [9.17, 15) is 14.7 Å². The number of esters is 1. The predicted molar refractivity (Wildman–Crippen MR) is 67.9 cm³/mol. The monoisotopic (exact) mass is 290 g/mol. The van der Waals surface area contributed by atoms with Gasteiger partial charge in [0.05, 0.1) is 18.8 Å². The number of ether oxygens (including phenoxy) is 3. The van der Waals surface area contributed by atoms with Gasteiger partial charge < -0.3 is 24.4 Å². The van der Waals surface area contributed by atoms with Crippen LogP contribution in [0.5, 0.6) is 0 Å². The fourth-order valence-electron chi connectivity index (χ4n) is 1.91. The average Bonchev–Trinajstić information content (AvgIpc) is 2.64. The van der Waals surface area contributed by atoms with Crippen LogP contribution in [0.2, 0.25) is 0 Å². The molecule has 0 aromatic rings. The van der Waals surface area contributed by atoms with Crippen molar-refractivity contribution < 1.29 is 34.0 Å². The molecule has 1 fully saturated rings. The number of rotatable bonds is 6. The summed E-state index contributed by atoms with van der Waals surface area (Å²) in [6, 6.07) is 0. The van der Waals surface area contributed by atoms with E-state index in [4.69, 9.17) is 19.3 Å². The molecular formula is C13H22O7. The molecule has 0 radical (unpaired) electrons. The van der Waals surface area contributed by atoms with E-state index in [2.05, 4.69) is 0 Å². The molecule has 0 saturated carbocycles. The highest BCUT2D eigenvalue weighted by Crippen LogP contribution is 2.26. The minimum absolute atomic E-state index is 0.153. The summed E-state index contributed by atoms with van der Waals surface area (Å²) in [6.07, 6.45) is -2.45. The molecule has 116 valence electrons. The van der Waals surface area contributed by atoms with Gasteiger partial charge in [-0.05, 0) is 34.1 Å². The average molecular weight is 290 g/mol. The number of carbonyl (C=O) groups excluding carboxylic acids is 1. The molecule has 1 unspecified atom stereocenters. The minimum Gasteiger partial charge on any atom is -0.481 e. The second-order valence-electron chi connectivity index (χ2n) is 5.55. The lowest BCUT2D eigenvalue weighted by Crippen LogP contribution is -2.37. The Morgan fingerprint density at radius 3 is 2.40 bits per heavy atom. The van der Waals surface area contributed by atoms with Crippen molar-refractivity contribution in [3.63, 3.8) is 0 Å². The van der Waals surface area contributed by atoms with Crippen LogP contribution in [0, 0.1) is 5.92 Å². The number of carbonyl (C=O) groups is 2. The number of carboxylic acids is 1. The van der Waals surface area contributed by atoms with E-state index in [0.29, 0.717) is 0 Å². The number of hydrogen-bond donors (Lipinski definition) is 2. The molecule has 7 heteroatoms. The first-order chi connectivity index (χ1) is 9.12. The normalized spacial score (nSPS) is 24.4. The van der Waals surface area contributed by atoms with E-state index in [1.165, 1.54) is 0 Å². The molecular weight excluding hydrogens is 268 g/mol. The van der Waals surface area contributed by atoms with Gasteiger partial charge in [-0.15, -0.1) is 0 Å². The first-order valence-corrected chi connectivity index (χ1v) is 6.55. The summed E-state index contributed by atoms with van der Waals surface area (Å²) in [5.74, 6) is -4.42. The SMILES string of the molecule is CC(C)OC(=O)C(C[C@@H](O)[C@@H]1COC(C)(C)O1)C(=O)O. The van der Waals surface area contributed by atoms with E-state index >= 15 is 0 Å². The first-order valence-electron chi connectivity index (χ1n) is 6.55. The van der Waals surface area contributed by atoms with Crippen molar-refractivity contribution >= 4 is 11.9 Å². The number of aliphatic carboxylic acids is 1. The third-order valence-corrected chi connectivity index (χ3v) is 2.87. The summed E-state index contributed by atoms with van der Waals surface area (Å²) >= 11 is 0. The fraction of sp³-hybridized carbons (Fsp3) is 0.846. The Hall–Kier alpha value is -1.18. The van der Waals surface area contributed by atoms with Gasteiger partial charge in [-0.1, -0.05) is 0 Å². The first kappa shape index (κ1) is 16.9. The largest absolute Gasteiger partial charge is 0.481 e. The lowest BCUT2D eigenvalue weighted by molar-refractivity contribution is -0.166. The summed E-state index contributed by atoms with van der Waals surface area (Å²) in [6.45, 7) is 6.80. The number of aliphatic hydroxyl groups excluding tert-OH is 1. The molecule has 0 aliphatic carbocycles. The lowest BCUT2D eigenvalue weighted by Gasteiger charge is -2.22. The third kappa shape index (κ3) is 4.73. The van der Waals surface area contributed by atoms with Gasteiger partial charge in [-0.2, -0.15) is 0 Å². The summed E-state index contributed by atoms with van der Waals surface area (Å²) < 4.78 is 15.6. The Kier molecular flexibility index (Phi) is 5.50. The molecule has 1 saturated heterocycles. The van der Waals surface area contributed by atoms with Gasteiger partial charge in [-0.3, -0.25) is 9.59 Å². The van der Waals surface area contributed by atoms with Gasteiger partial charge in [0.15, 0.2) is 11.7 Å². The van der Waals surface area contributed by atoms with Crippen molar-refractivity contribution in [3.05, 3.63) is 0 Å². The zero-order valence-electron chi connectivity index (χ0n) is 12.2. The van der Waals surface area contributed by atoms with Crippen molar-refractivity contribution in [1.82, 2.24) is 0 Å². The van der Waals surface area contributed by atoms with Gasteiger partial charge in [0.25, 0.3) is 0 Å². The van der Waals surface area contributed by atoms with Crippen LogP contribution in [0.15, 0.2) is 0 Å². The molecule has 0 bridgehead atoms. The van der Waals surface area contributed by atoms with Crippen LogP contribution in [0.4, 0.5) is 0 Å². The summed E-state index contributed by atoms with van der Waals surface area (Å²) in [7, 11) is 0. The van der Waals surface area contributed by atoms with Crippen molar-refractivity contribution in [2.24, 2.45) is 5.92 Å². The maximum atomic E-state index is 11.7. The zero-order chi connectivity index (χ0) is 15.5. The van der Waals surface area contributed by atoms with Crippen molar-refractivity contribution in [3.8, 4) is 0 Å². The van der Waals surface area contributed by atoms with Gasteiger partial charge >= 0.3 is 11.9 Å². The highest BCUT2D eigenvalue weighted by Gasteiger charge is 2.40. The van der Waals surface area contributed by atoms with E-state index in [-0.39, 0.29) is 13.0 Å². The zero-order valence-corrected chi connectivity index (χ0v) is 12.2. The molecule has 1 aliphatic rings. The van der Waals surface area contributed by atoms with Crippen LogP contribution in [0.3, 0.4) is 0 Å². The minimum atomic E-state index is -1.42. The summed E-state index contributed by atoms with van der Waals surface area (Å²) in [4.78, 5) is 22.8. The van der Waals surface area contributed by atoms with Crippen molar-refractivity contribution in [1.29, 1.82) is 0 Å². The summed E-state index contributed by atoms with van der Waals surface area (Å²) in [5.41, 5.74) is 0. The van der Waals surface area contributed by atoms with Crippen molar-refractivity contribution in [2.45, 2.75) is 58.2 Å². The maximum absolute atomic E-state index is 11.7. The number of hydrogen-bond acceptors (Lipinski definition) is 6. The molecule has 2 N–H and O–H groups in total. The summed E-state index contributed by atoms with van der Waals surface area (Å²) in [5, 5.41) is 19.1. The van der Waals surface area contributed by atoms with E-state index in [1.807, 2.05) is 0 Å². The van der Waals surface area contributed by atoms with Crippen molar-refractivity contribution in [2.75, 3.05) is 6.61 Å². The van der Waals surface area contributed by atoms with Crippen LogP contribution in [0.1, 0.15) is 34.1 Å². The molecule has 20 heavy (non-hydrogen) atoms. The number of aliphatic hydroxyl groups is 1. The molecule has 1 rings (SSSR count). The molecule has 0 spiro atoms. The van der Waals surface area contributed by atoms with Gasteiger partial charge in [-0.25, -0.2) is 0 Å².